The average molecular weight is 240 g/mol. The van der Waals surface area contributed by atoms with E-state index in [1.54, 1.807) is 18.4 Å². The molecule has 3 rings (SSSR count). The van der Waals surface area contributed by atoms with Crippen LogP contribution in [0.2, 0.25) is 0 Å². The molecule has 0 amide bonds. The van der Waals surface area contributed by atoms with Gasteiger partial charge in [0.2, 0.25) is 0 Å². The molecule has 1 heterocycles. The molecule has 1 N–H and O–H groups in total. The maximum atomic E-state index is 9.45. The molecule has 0 radical (unpaired) electrons. The van der Waals surface area contributed by atoms with E-state index in [0.717, 1.165) is 22.3 Å². The van der Waals surface area contributed by atoms with Gasteiger partial charge in [-0.1, -0.05) is 12.1 Å². The van der Waals surface area contributed by atoms with Gasteiger partial charge in [-0.25, -0.2) is 0 Å². The van der Waals surface area contributed by atoms with Gasteiger partial charge >= 0.3 is 0 Å². The number of phenols is 1. The van der Waals surface area contributed by atoms with Gasteiger partial charge < -0.3 is 14.3 Å². The second-order valence-electron chi connectivity index (χ2n) is 4.06. The van der Waals surface area contributed by atoms with Crippen LogP contribution in [0.4, 0.5) is 0 Å². The van der Waals surface area contributed by atoms with Crippen molar-refractivity contribution in [2.45, 2.75) is 6.61 Å². The number of furan rings is 1. The van der Waals surface area contributed by atoms with Gasteiger partial charge in [0.15, 0.2) is 0 Å². The van der Waals surface area contributed by atoms with Crippen LogP contribution < -0.4 is 4.74 Å². The van der Waals surface area contributed by atoms with Gasteiger partial charge in [-0.3, -0.25) is 0 Å². The highest BCUT2D eigenvalue weighted by atomic mass is 16.5. The molecule has 0 aliphatic rings. The Labute approximate surface area is 104 Å². The van der Waals surface area contributed by atoms with Crippen LogP contribution in [0.3, 0.4) is 0 Å². The molecular formula is C15H12O3. The Morgan fingerprint density at radius 2 is 1.89 bits per heavy atom. The molecule has 1 aromatic heterocycles. The summed E-state index contributed by atoms with van der Waals surface area (Å²) in [5.41, 5.74) is 0. The number of fused-ring (bicyclic) bond motifs is 1. The van der Waals surface area contributed by atoms with Crippen LogP contribution in [0.15, 0.2) is 59.2 Å². The molecule has 0 saturated heterocycles. The van der Waals surface area contributed by atoms with Crippen LogP contribution in [0.1, 0.15) is 5.76 Å². The van der Waals surface area contributed by atoms with Crippen LogP contribution in [0.5, 0.6) is 11.5 Å². The van der Waals surface area contributed by atoms with Crippen molar-refractivity contribution < 1.29 is 14.3 Å². The highest BCUT2D eigenvalue weighted by Crippen LogP contribution is 2.24. The maximum Gasteiger partial charge on any atom is 0.146 e. The molecule has 3 heteroatoms. The highest BCUT2D eigenvalue weighted by Gasteiger charge is 2.01. The molecule has 0 aliphatic heterocycles. The number of rotatable bonds is 3. The van der Waals surface area contributed by atoms with Crippen LogP contribution in [0, 0.1) is 0 Å². The summed E-state index contributed by atoms with van der Waals surface area (Å²) in [6, 6.07) is 14.7. The number of ether oxygens (including phenoxy) is 1. The van der Waals surface area contributed by atoms with Crippen LogP contribution in [-0.4, -0.2) is 5.11 Å². The van der Waals surface area contributed by atoms with E-state index < -0.39 is 0 Å². The molecule has 0 bridgehead atoms. The summed E-state index contributed by atoms with van der Waals surface area (Å²) >= 11 is 0. The molecule has 0 unspecified atom stereocenters. The summed E-state index contributed by atoms with van der Waals surface area (Å²) in [6.07, 6.45) is 1.62. The minimum absolute atomic E-state index is 0.255. The first-order valence-corrected chi connectivity index (χ1v) is 5.69. The zero-order valence-corrected chi connectivity index (χ0v) is 9.67. The lowest BCUT2D eigenvalue weighted by atomic mass is 10.1. The van der Waals surface area contributed by atoms with Crippen LogP contribution >= 0.6 is 0 Å². The van der Waals surface area contributed by atoms with Crippen molar-refractivity contribution in [1.29, 1.82) is 0 Å². The predicted octanol–water partition coefficient (Wildman–Crippen LogP) is 3.72. The van der Waals surface area contributed by atoms with Crippen molar-refractivity contribution in [1.82, 2.24) is 0 Å². The zero-order chi connectivity index (χ0) is 12.4. The molecule has 0 saturated carbocycles. The summed E-state index contributed by atoms with van der Waals surface area (Å²) in [5.74, 6) is 1.79. The van der Waals surface area contributed by atoms with Gasteiger partial charge in [0.05, 0.1) is 6.26 Å². The second kappa shape index (κ2) is 4.45. The summed E-state index contributed by atoms with van der Waals surface area (Å²) in [7, 11) is 0. The van der Waals surface area contributed by atoms with E-state index >= 15 is 0 Å². The van der Waals surface area contributed by atoms with E-state index in [0.29, 0.717) is 6.61 Å². The van der Waals surface area contributed by atoms with Gasteiger partial charge in [-0.2, -0.15) is 0 Å². The van der Waals surface area contributed by atoms with E-state index in [2.05, 4.69) is 0 Å². The van der Waals surface area contributed by atoms with Gasteiger partial charge in [-0.05, 0) is 47.2 Å². The highest BCUT2D eigenvalue weighted by molar-refractivity contribution is 5.85. The van der Waals surface area contributed by atoms with Gasteiger partial charge in [0.1, 0.15) is 23.9 Å². The lowest BCUT2D eigenvalue weighted by Gasteiger charge is -2.06. The quantitative estimate of drug-likeness (QED) is 0.758. The first kappa shape index (κ1) is 10.7. The first-order valence-electron chi connectivity index (χ1n) is 5.69. The lowest BCUT2D eigenvalue weighted by Crippen LogP contribution is -1.93. The summed E-state index contributed by atoms with van der Waals surface area (Å²) in [6.45, 7) is 0.400. The van der Waals surface area contributed by atoms with Crippen molar-refractivity contribution >= 4 is 10.8 Å². The third-order valence-corrected chi connectivity index (χ3v) is 2.76. The fraction of sp³-hybridized carbons (Fsp3) is 0.0667. The topological polar surface area (TPSA) is 42.6 Å². The van der Waals surface area contributed by atoms with Crippen LogP contribution in [0.25, 0.3) is 10.8 Å². The van der Waals surface area contributed by atoms with E-state index in [9.17, 15) is 5.11 Å². The third kappa shape index (κ3) is 2.15. The monoisotopic (exact) mass is 240 g/mol. The van der Waals surface area contributed by atoms with Crippen molar-refractivity contribution in [3.05, 3.63) is 60.6 Å². The minimum atomic E-state index is 0.255. The minimum Gasteiger partial charge on any atom is -0.508 e. The maximum absolute atomic E-state index is 9.45. The summed E-state index contributed by atoms with van der Waals surface area (Å²) < 4.78 is 10.8. The number of aromatic hydroxyl groups is 1. The third-order valence-electron chi connectivity index (χ3n) is 2.76. The van der Waals surface area contributed by atoms with E-state index in [1.165, 1.54) is 0 Å². The Morgan fingerprint density at radius 1 is 1.00 bits per heavy atom. The smallest absolute Gasteiger partial charge is 0.146 e. The van der Waals surface area contributed by atoms with Crippen molar-refractivity contribution in [3.63, 3.8) is 0 Å². The number of phenolic OH excluding ortho intramolecular Hbond substituents is 1. The average Bonchev–Trinajstić information content (AvgIpc) is 2.89. The number of benzene rings is 2. The standard InChI is InChI=1S/C15H12O3/c16-13-5-3-11-4-6-14(9-12(11)8-13)18-10-15-2-1-7-17-15/h1-9,16H,10H2. The van der Waals surface area contributed by atoms with E-state index in [-0.39, 0.29) is 5.75 Å². The molecule has 0 atom stereocenters. The largest absolute Gasteiger partial charge is 0.508 e. The van der Waals surface area contributed by atoms with Crippen LogP contribution in [-0.2, 0) is 6.61 Å². The fourth-order valence-electron chi connectivity index (χ4n) is 1.85. The summed E-state index contributed by atoms with van der Waals surface area (Å²) in [4.78, 5) is 0. The Morgan fingerprint density at radius 3 is 2.72 bits per heavy atom. The van der Waals surface area contributed by atoms with Gasteiger partial charge in [0.25, 0.3) is 0 Å². The van der Waals surface area contributed by atoms with Crippen molar-refractivity contribution in [3.8, 4) is 11.5 Å². The fourth-order valence-corrected chi connectivity index (χ4v) is 1.85. The van der Waals surface area contributed by atoms with Gasteiger partial charge in [0, 0.05) is 0 Å². The van der Waals surface area contributed by atoms with E-state index in [1.807, 2.05) is 36.4 Å². The van der Waals surface area contributed by atoms with E-state index in [4.69, 9.17) is 9.15 Å². The second-order valence-corrected chi connectivity index (χ2v) is 4.06. The van der Waals surface area contributed by atoms with Crippen molar-refractivity contribution in [2.24, 2.45) is 0 Å². The Hall–Kier alpha value is -2.42. The molecular weight excluding hydrogens is 228 g/mol. The molecule has 0 aliphatic carbocycles. The molecule has 0 fully saturated rings. The Bertz CT molecular complexity index is 657. The SMILES string of the molecule is Oc1ccc2ccc(OCc3ccco3)cc2c1. The Balaban J connectivity index is 1.84. The Kier molecular flexibility index (Phi) is 2.65. The molecule has 90 valence electrons. The van der Waals surface area contributed by atoms with Gasteiger partial charge in [-0.15, -0.1) is 0 Å². The molecule has 2 aromatic carbocycles. The molecule has 18 heavy (non-hydrogen) atoms. The zero-order valence-electron chi connectivity index (χ0n) is 9.67. The molecule has 0 spiro atoms. The summed E-state index contributed by atoms with van der Waals surface area (Å²) in [5, 5.41) is 11.5. The number of hydrogen-bond acceptors (Lipinski definition) is 3. The normalized spacial score (nSPS) is 10.7. The number of hydrogen-bond donors (Lipinski definition) is 1. The molecule has 3 nitrogen and oxygen atoms in total. The predicted molar refractivity (Wildman–Crippen MR) is 68.7 cm³/mol. The molecule has 3 aromatic rings. The first-order chi connectivity index (χ1) is 8.81. The van der Waals surface area contributed by atoms with Crippen molar-refractivity contribution in [2.75, 3.05) is 0 Å². The lowest BCUT2D eigenvalue weighted by molar-refractivity contribution is 0.270.